The molecule has 4 rings (SSSR count). The van der Waals surface area contributed by atoms with Crippen molar-refractivity contribution >= 4 is 55.9 Å². The number of amides is 1. The number of nitrogens with zero attached hydrogens (tertiary/aromatic N) is 3. The number of ether oxygens (including phenoxy) is 2. The number of anilines is 3. The van der Waals surface area contributed by atoms with Gasteiger partial charge in [0.1, 0.15) is 23.9 Å². The molecule has 1 aliphatic heterocycles. The smallest absolute Gasteiger partial charge is 0.323 e. The van der Waals surface area contributed by atoms with E-state index in [2.05, 4.69) is 36.5 Å². The van der Waals surface area contributed by atoms with Gasteiger partial charge in [-0.1, -0.05) is 28.1 Å². The molecule has 2 N–H and O–H groups in total. The molecule has 2 heterocycles. The van der Waals surface area contributed by atoms with Crippen LogP contribution in [-0.4, -0.2) is 59.6 Å². The van der Waals surface area contributed by atoms with Gasteiger partial charge in [0.2, 0.25) is 5.91 Å². The lowest BCUT2D eigenvalue weighted by Gasteiger charge is -2.20. The molecule has 1 aliphatic rings. The van der Waals surface area contributed by atoms with Crippen LogP contribution in [0.25, 0.3) is 10.9 Å². The van der Waals surface area contributed by atoms with Crippen LogP contribution in [0.5, 0.6) is 5.75 Å². The Bertz CT molecular complexity index is 1280. The summed E-state index contributed by atoms with van der Waals surface area (Å²) in [6.07, 6.45) is 6.39. The Morgan fingerprint density at radius 2 is 2.11 bits per heavy atom. The van der Waals surface area contributed by atoms with Gasteiger partial charge < -0.3 is 20.1 Å². The Balaban J connectivity index is 1.49. The van der Waals surface area contributed by atoms with Crippen molar-refractivity contribution in [1.29, 1.82) is 0 Å². The summed E-state index contributed by atoms with van der Waals surface area (Å²) >= 11 is 3.47. The number of carbonyl (C=O) groups is 2. The summed E-state index contributed by atoms with van der Waals surface area (Å²) in [7, 11) is 1.54. The number of likely N-dealkylation sites (tertiary alicyclic amines) is 1. The fourth-order valence-corrected chi connectivity index (χ4v) is 4.57. The number of carbonyl (C=O) groups excluding carboxylic acids is 2. The summed E-state index contributed by atoms with van der Waals surface area (Å²) in [6.45, 7) is 3.44. The van der Waals surface area contributed by atoms with E-state index in [0.29, 0.717) is 35.9 Å². The number of hydrogen-bond donors (Lipinski definition) is 2. The molecule has 0 spiro atoms. The van der Waals surface area contributed by atoms with Gasteiger partial charge in [0.25, 0.3) is 0 Å². The van der Waals surface area contributed by atoms with Crippen LogP contribution in [0.4, 0.5) is 17.2 Å². The minimum atomic E-state index is -0.308. The molecule has 36 heavy (non-hydrogen) atoms. The van der Waals surface area contributed by atoms with Crippen LogP contribution in [0.1, 0.15) is 19.8 Å². The molecule has 0 bridgehead atoms. The fraction of sp³-hybridized carbons (Fsp3) is 0.308. The van der Waals surface area contributed by atoms with E-state index in [9.17, 15) is 9.59 Å². The van der Waals surface area contributed by atoms with Gasteiger partial charge in [-0.25, -0.2) is 9.97 Å². The number of aromatic nitrogens is 2. The monoisotopic (exact) mass is 553 g/mol. The molecule has 1 atom stereocenters. The number of hydrogen-bond acceptors (Lipinski definition) is 8. The van der Waals surface area contributed by atoms with Gasteiger partial charge in [-0.2, -0.15) is 0 Å². The normalized spacial score (nSPS) is 15.8. The number of methoxy groups -OCH3 is 1. The first-order valence-corrected chi connectivity index (χ1v) is 12.5. The minimum absolute atomic E-state index is 0.205. The van der Waals surface area contributed by atoms with Crippen molar-refractivity contribution in [2.24, 2.45) is 0 Å². The van der Waals surface area contributed by atoms with Gasteiger partial charge in [-0.15, -0.1) is 0 Å². The van der Waals surface area contributed by atoms with Crippen LogP contribution in [0.2, 0.25) is 0 Å². The second-order valence-electron chi connectivity index (χ2n) is 8.22. The van der Waals surface area contributed by atoms with E-state index in [1.807, 2.05) is 29.2 Å². The molecule has 1 unspecified atom stereocenters. The van der Waals surface area contributed by atoms with E-state index in [-0.39, 0.29) is 17.9 Å². The molecular weight excluding hydrogens is 526 g/mol. The van der Waals surface area contributed by atoms with Crippen molar-refractivity contribution in [3.63, 3.8) is 0 Å². The Morgan fingerprint density at radius 3 is 2.89 bits per heavy atom. The van der Waals surface area contributed by atoms with Gasteiger partial charge in [0.05, 0.1) is 24.9 Å². The van der Waals surface area contributed by atoms with Crippen molar-refractivity contribution in [3.8, 4) is 5.75 Å². The Kier molecular flexibility index (Phi) is 8.50. The number of benzene rings is 2. The standard InChI is InChI=1S/C26H28BrN5O4/c1-3-36-26(34)22-9-5-11-32(22)12-6-10-24(33)31-21-14-19-20(15-23(21)35-2)28-16-29-25(19)30-18-8-4-7-17(27)13-18/h4,6-8,10,13-16,22H,3,5,9,11-12H2,1-2H3,(H,31,33)(H,28,29,30). The Morgan fingerprint density at radius 1 is 1.25 bits per heavy atom. The summed E-state index contributed by atoms with van der Waals surface area (Å²) in [5, 5.41) is 6.91. The first-order chi connectivity index (χ1) is 17.5. The fourth-order valence-electron chi connectivity index (χ4n) is 4.17. The highest BCUT2D eigenvalue weighted by Crippen LogP contribution is 2.33. The minimum Gasteiger partial charge on any atom is -0.494 e. The van der Waals surface area contributed by atoms with Crippen molar-refractivity contribution in [3.05, 3.63) is 59.4 Å². The number of rotatable bonds is 9. The molecule has 1 fully saturated rings. The molecule has 0 aliphatic carbocycles. The predicted octanol–water partition coefficient (Wildman–Crippen LogP) is 4.67. The third-order valence-electron chi connectivity index (χ3n) is 5.83. The van der Waals surface area contributed by atoms with Gasteiger partial charge in [0, 0.05) is 34.2 Å². The zero-order valence-electron chi connectivity index (χ0n) is 20.2. The van der Waals surface area contributed by atoms with E-state index in [4.69, 9.17) is 9.47 Å². The molecule has 188 valence electrons. The highest BCUT2D eigenvalue weighted by atomic mass is 79.9. The third kappa shape index (κ3) is 6.19. The van der Waals surface area contributed by atoms with E-state index in [0.717, 1.165) is 34.9 Å². The quantitative estimate of drug-likeness (QED) is 0.291. The summed E-state index contributed by atoms with van der Waals surface area (Å²) in [5.41, 5.74) is 2.03. The largest absolute Gasteiger partial charge is 0.494 e. The number of nitrogens with one attached hydrogen (secondary N) is 2. The lowest BCUT2D eigenvalue weighted by atomic mass is 10.1. The maximum Gasteiger partial charge on any atom is 0.323 e. The van der Waals surface area contributed by atoms with Crippen LogP contribution >= 0.6 is 15.9 Å². The lowest BCUT2D eigenvalue weighted by molar-refractivity contribution is -0.148. The number of fused-ring (bicyclic) bond motifs is 1. The maximum atomic E-state index is 12.7. The SMILES string of the molecule is CCOC(=O)C1CCCN1CC=CC(=O)Nc1cc2c(Nc3cccc(Br)c3)ncnc2cc1OC. The molecule has 10 heteroatoms. The van der Waals surface area contributed by atoms with Gasteiger partial charge >= 0.3 is 5.97 Å². The zero-order valence-corrected chi connectivity index (χ0v) is 21.7. The predicted molar refractivity (Wildman–Crippen MR) is 143 cm³/mol. The van der Waals surface area contributed by atoms with Crippen LogP contribution in [-0.2, 0) is 14.3 Å². The van der Waals surface area contributed by atoms with E-state index < -0.39 is 0 Å². The van der Waals surface area contributed by atoms with Crippen LogP contribution < -0.4 is 15.4 Å². The Labute approximate surface area is 218 Å². The summed E-state index contributed by atoms with van der Waals surface area (Å²) in [5.74, 6) is 0.574. The van der Waals surface area contributed by atoms with Crippen molar-refractivity contribution in [1.82, 2.24) is 14.9 Å². The van der Waals surface area contributed by atoms with E-state index in [1.165, 1.54) is 19.5 Å². The van der Waals surface area contributed by atoms with Gasteiger partial charge in [-0.05, 0) is 50.6 Å². The molecular formula is C26H28BrN5O4. The van der Waals surface area contributed by atoms with E-state index in [1.54, 1.807) is 25.1 Å². The first kappa shape index (κ1) is 25.6. The first-order valence-electron chi connectivity index (χ1n) is 11.7. The number of halogens is 1. The van der Waals surface area contributed by atoms with E-state index >= 15 is 0 Å². The second kappa shape index (κ2) is 12.0. The molecule has 9 nitrogen and oxygen atoms in total. The van der Waals surface area contributed by atoms with Crippen molar-refractivity contribution in [2.45, 2.75) is 25.8 Å². The molecule has 1 amide bonds. The van der Waals surface area contributed by atoms with Gasteiger partial charge in [0.15, 0.2) is 0 Å². The topological polar surface area (TPSA) is 106 Å². The third-order valence-corrected chi connectivity index (χ3v) is 6.33. The Hall–Kier alpha value is -3.50. The lowest BCUT2D eigenvalue weighted by Crippen LogP contribution is -2.37. The summed E-state index contributed by atoms with van der Waals surface area (Å²) in [6, 6.07) is 11.0. The van der Waals surface area contributed by atoms with Crippen LogP contribution in [0, 0.1) is 0 Å². The molecule has 2 aromatic carbocycles. The molecule has 1 aromatic heterocycles. The molecule has 0 saturated carbocycles. The highest BCUT2D eigenvalue weighted by Gasteiger charge is 2.30. The highest BCUT2D eigenvalue weighted by molar-refractivity contribution is 9.10. The molecule has 0 radical (unpaired) electrons. The zero-order chi connectivity index (χ0) is 25.5. The average molecular weight is 554 g/mol. The van der Waals surface area contributed by atoms with Crippen LogP contribution in [0.15, 0.2) is 59.4 Å². The summed E-state index contributed by atoms with van der Waals surface area (Å²) < 4.78 is 11.6. The van der Waals surface area contributed by atoms with Crippen molar-refractivity contribution in [2.75, 3.05) is 37.4 Å². The second-order valence-corrected chi connectivity index (χ2v) is 9.14. The van der Waals surface area contributed by atoms with Crippen molar-refractivity contribution < 1.29 is 19.1 Å². The molecule has 3 aromatic rings. The average Bonchev–Trinajstić information content (AvgIpc) is 3.33. The summed E-state index contributed by atoms with van der Waals surface area (Å²) in [4.78, 5) is 35.6. The van der Waals surface area contributed by atoms with Crippen LogP contribution in [0.3, 0.4) is 0 Å². The van der Waals surface area contributed by atoms with Gasteiger partial charge in [-0.3, -0.25) is 14.5 Å². The molecule has 1 saturated heterocycles. The number of esters is 1. The maximum absolute atomic E-state index is 12.7.